The summed E-state index contributed by atoms with van der Waals surface area (Å²) in [6.07, 6.45) is 0.567. The van der Waals surface area contributed by atoms with Crippen molar-refractivity contribution in [1.29, 1.82) is 0 Å². The van der Waals surface area contributed by atoms with E-state index in [2.05, 4.69) is 25.3 Å². The van der Waals surface area contributed by atoms with Crippen molar-refractivity contribution >= 4 is 11.6 Å². The van der Waals surface area contributed by atoms with Crippen molar-refractivity contribution in [3.8, 4) is 0 Å². The highest BCUT2D eigenvalue weighted by atomic mass is 16.2. The minimum atomic E-state index is -0.600. The molecule has 0 bridgehead atoms. The molecule has 96 valence electrons. The van der Waals surface area contributed by atoms with Gasteiger partial charge in [0.25, 0.3) is 0 Å². The maximum atomic E-state index is 12.4. The van der Waals surface area contributed by atoms with Crippen molar-refractivity contribution in [1.82, 2.24) is 4.90 Å². The van der Waals surface area contributed by atoms with Gasteiger partial charge in [-0.25, -0.2) is 0 Å². The van der Waals surface area contributed by atoms with Crippen LogP contribution >= 0.6 is 0 Å². The van der Waals surface area contributed by atoms with Gasteiger partial charge in [-0.3, -0.25) is 14.5 Å². The average molecular weight is 237 g/mol. The minimum Gasteiger partial charge on any atom is -0.297 e. The van der Waals surface area contributed by atoms with Gasteiger partial charge in [-0.2, -0.15) is 0 Å². The molecule has 3 nitrogen and oxygen atoms in total. The lowest BCUT2D eigenvalue weighted by Crippen LogP contribution is -2.65. The Bertz CT molecular complexity index is 380. The van der Waals surface area contributed by atoms with Crippen LogP contribution in [0.3, 0.4) is 0 Å². The second kappa shape index (κ2) is 4.05. The first-order chi connectivity index (χ1) is 7.51. The number of likely N-dealkylation sites (tertiary alicyclic amines) is 1. The van der Waals surface area contributed by atoms with Crippen molar-refractivity contribution in [2.24, 2.45) is 5.92 Å². The van der Waals surface area contributed by atoms with Crippen LogP contribution in [0.1, 0.15) is 41.0 Å². The minimum absolute atomic E-state index is 0.00678. The lowest BCUT2D eigenvalue weighted by molar-refractivity contribution is -0.149. The average Bonchev–Trinajstić information content (AvgIpc) is 2.21. The first-order valence-corrected chi connectivity index (χ1v) is 6.00. The van der Waals surface area contributed by atoms with Gasteiger partial charge in [-0.15, -0.1) is 0 Å². The van der Waals surface area contributed by atoms with E-state index >= 15 is 0 Å². The number of allylic oxidation sites excluding steroid dienone is 1. The van der Waals surface area contributed by atoms with Gasteiger partial charge in [-0.05, 0) is 53.7 Å². The van der Waals surface area contributed by atoms with Gasteiger partial charge in [0.2, 0.25) is 0 Å². The summed E-state index contributed by atoms with van der Waals surface area (Å²) in [6.45, 7) is 13.2. The van der Waals surface area contributed by atoms with E-state index in [1.165, 1.54) is 0 Å². The summed E-state index contributed by atoms with van der Waals surface area (Å²) in [7, 11) is 1.94. The molecule has 0 spiro atoms. The van der Waals surface area contributed by atoms with E-state index in [-0.39, 0.29) is 17.1 Å². The first kappa shape index (κ1) is 14.1. The van der Waals surface area contributed by atoms with Gasteiger partial charge in [0.15, 0.2) is 11.6 Å². The van der Waals surface area contributed by atoms with E-state index in [0.29, 0.717) is 12.0 Å². The van der Waals surface area contributed by atoms with Gasteiger partial charge in [0, 0.05) is 5.54 Å². The number of carbonyl (C=O) groups is 2. The summed E-state index contributed by atoms with van der Waals surface area (Å²) in [5, 5.41) is 0. The SMILES string of the molecule is C=C(C)C(=O)C1CC(C)(C)N(C)C(C)(C)C1=O. The first-order valence-electron chi connectivity index (χ1n) is 6.00. The molecule has 0 aromatic carbocycles. The van der Waals surface area contributed by atoms with Crippen LogP contribution in [0.5, 0.6) is 0 Å². The molecule has 0 amide bonds. The van der Waals surface area contributed by atoms with Gasteiger partial charge in [0.05, 0.1) is 11.5 Å². The molecule has 1 aliphatic rings. The highest BCUT2D eigenvalue weighted by Gasteiger charge is 2.51. The molecule has 0 aromatic rings. The third kappa shape index (κ3) is 2.21. The van der Waals surface area contributed by atoms with E-state index < -0.39 is 11.5 Å². The number of hydrogen-bond acceptors (Lipinski definition) is 3. The van der Waals surface area contributed by atoms with Crippen LogP contribution < -0.4 is 0 Å². The molecule has 1 saturated heterocycles. The fraction of sp³-hybridized carbons (Fsp3) is 0.714. The van der Waals surface area contributed by atoms with Crippen LogP contribution in [0.4, 0.5) is 0 Å². The third-order valence-electron chi connectivity index (χ3n) is 4.11. The molecular weight excluding hydrogens is 214 g/mol. The molecule has 0 N–H and O–H groups in total. The van der Waals surface area contributed by atoms with Crippen LogP contribution in [0.15, 0.2) is 12.2 Å². The summed E-state index contributed by atoms with van der Waals surface area (Å²) >= 11 is 0. The van der Waals surface area contributed by atoms with Gasteiger partial charge in [0.1, 0.15) is 0 Å². The second-order valence-electron chi connectivity index (χ2n) is 6.20. The number of likely N-dealkylation sites (N-methyl/N-ethyl adjacent to an activating group) is 1. The molecule has 1 rings (SSSR count). The number of rotatable bonds is 2. The molecule has 0 aromatic heterocycles. The van der Waals surface area contributed by atoms with Crippen LogP contribution in [0.2, 0.25) is 0 Å². The van der Waals surface area contributed by atoms with E-state index in [4.69, 9.17) is 0 Å². The van der Waals surface area contributed by atoms with E-state index in [1.807, 2.05) is 20.9 Å². The lowest BCUT2D eigenvalue weighted by atomic mass is 9.71. The van der Waals surface area contributed by atoms with Crippen molar-refractivity contribution in [2.75, 3.05) is 7.05 Å². The van der Waals surface area contributed by atoms with Crippen molar-refractivity contribution in [3.63, 3.8) is 0 Å². The van der Waals surface area contributed by atoms with Gasteiger partial charge < -0.3 is 0 Å². The van der Waals surface area contributed by atoms with Crippen LogP contribution in [0.25, 0.3) is 0 Å². The summed E-state index contributed by atoms with van der Waals surface area (Å²) < 4.78 is 0. The normalized spacial score (nSPS) is 27.9. The Morgan fingerprint density at radius 1 is 1.35 bits per heavy atom. The summed E-state index contributed by atoms with van der Waals surface area (Å²) in [5.74, 6) is -0.634. The van der Waals surface area contributed by atoms with E-state index in [1.54, 1.807) is 6.92 Å². The number of hydrogen-bond donors (Lipinski definition) is 0. The monoisotopic (exact) mass is 237 g/mol. The fourth-order valence-electron chi connectivity index (χ4n) is 2.59. The molecule has 0 aliphatic carbocycles. The topological polar surface area (TPSA) is 37.4 Å². The highest BCUT2D eigenvalue weighted by Crippen LogP contribution is 2.38. The largest absolute Gasteiger partial charge is 0.297 e. The smallest absolute Gasteiger partial charge is 0.168 e. The number of nitrogens with zero attached hydrogens (tertiary/aromatic N) is 1. The maximum absolute atomic E-state index is 12.4. The zero-order valence-corrected chi connectivity index (χ0v) is 11.8. The van der Waals surface area contributed by atoms with Crippen molar-refractivity contribution < 1.29 is 9.59 Å². The number of piperidine rings is 1. The Hall–Kier alpha value is -0.960. The molecule has 0 saturated carbocycles. The molecule has 1 aliphatic heterocycles. The van der Waals surface area contributed by atoms with Crippen molar-refractivity contribution in [2.45, 2.75) is 52.1 Å². The molecule has 3 heteroatoms. The Kier molecular flexibility index (Phi) is 3.36. The summed E-state index contributed by atoms with van der Waals surface area (Å²) in [5.41, 5.74) is -0.287. The third-order valence-corrected chi connectivity index (χ3v) is 4.11. The Morgan fingerprint density at radius 3 is 2.24 bits per heavy atom. The van der Waals surface area contributed by atoms with Gasteiger partial charge >= 0.3 is 0 Å². The molecule has 17 heavy (non-hydrogen) atoms. The highest BCUT2D eigenvalue weighted by molar-refractivity contribution is 6.12. The lowest BCUT2D eigenvalue weighted by Gasteiger charge is -2.51. The Balaban J connectivity index is 3.16. The van der Waals surface area contributed by atoms with E-state index in [9.17, 15) is 9.59 Å². The zero-order chi connectivity index (χ0) is 13.6. The quantitative estimate of drug-likeness (QED) is 0.546. The number of Topliss-reactive ketones (excluding diaryl/α,β-unsaturated/α-hetero) is 2. The number of ketones is 2. The Morgan fingerprint density at radius 2 is 1.82 bits per heavy atom. The molecule has 1 atom stereocenters. The maximum Gasteiger partial charge on any atom is 0.168 e. The number of carbonyl (C=O) groups excluding carboxylic acids is 2. The predicted molar refractivity (Wildman–Crippen MR) is 68.9 cm³/mol. The Labute approximate surface area is 104 Å². The molecule has 1 unspecified atom stereocenters. The van der Waals surface area contributed by atoms with E-state index in [0.717, 1.165) is 0 Å². The summed E-state index contributed by atoms with van der Waals surface area (Å²) in [4.78, 5) is 26.5. The van der Waals surface area contributed by atoms with Crippen molar-refractivity contribution in [3.05, 3.63) is 12.2 Å². The molecule has 0 radical (unpaired) electrons. The fourth-order valence-corrected chi connectivity index (χ4v) is 2.59. The predicted octanol–water partition coefficient (Wildman–Crippen LogP) is 2.21. The second-order valence-corrected chi connectivity index (χ2v) is 6.20. The molecule has 1 heterocycles. The standard InChI is InChI=1S/C14H23NO2/c1-9(2)11(16)10-8-13(3,4)15(7)14(5,6)12(10)17/h10H,1,8H2,2-7H3. The van der Waals surface area contributed by atoms with Crippen LogP contribution in [-0.4, -0.2) is 34.6 Å². The van der Waals surface area contributed by atoms with Crippen LogP contribution in [0, 0.1) is 5.92 Å². The van der Waals surface area contributed by atoms with Crippen LogP contribution in [-0.2, 0) is 9.59 Å². The molecule has 1 fully saturated rings. The zero-order valence-electron chi connectivity index (χ0n) is 11.8. The van der Waals surface area contributed by atoms with Gasteiger partial charge in [-0.1, -0.05) is 6.58 Å². The molecular formula is C14H23NO2. The summed E-state index contributed by atoms with van der Waals surface area (Å²) in [6, 6.07) is 0.